The Morgan fingerprint density at radius 2 is 1.76 bits per heavy atom. The van der Waals surface area contributed by atoms with E-state index in [2.05, 4.69) is 0 Å². The summed E-state index contributed by atoms with van der Waals surface area (Å²) >= 11 is 5.74. The van der Waals surface area contributed by atoms with Crippen LogP contribution in [0.5, 0.6) is 0 Å². The smallest absolute Gasteiger partial charge is 0.241 e. The first-order valence-electron chi connectivity index (χ1n) is 4.84. The number of hydrazine groups is 2. The summed E-state index contributed by atoms with van der Waals surface area (Å²) < 4.78 is 0. The molecular formula is C10H13ClN4O2. The minimum absolute atomic E-state index is 0.0822. The molecule has 0 bridgehead atoms. The molecule has 0 saturated heterocycles. The Hall–Kier alpha value is -1.63. The minimum atomic E-state index is -0.694. The van der Waals surface area contributed by atoms with E-state index in [9.17, 15) is 9.59 Å². The van der Waals surface area contributed by atoms with Gasteiger partial charge in [0.2, 0.25) is 11.8 Å². The third kappa shape index (κ3) is 3.70. The fraction of sp³-hybridized carbons (Fsp3) is 0.200. The van der Waals surface area contributed by atoms with Gasteiger partial charge in [-0.2, -0.15) is 0 Å². The SMILES string of the molecule is NNC(=O)CC(C(=O)NN)c1ccc(Cl)cc1. The van der Waals surface area contributed by atoms with Crippen LogP contribution in [0.25, 0.3) is 0 Å². The van der Waals surface area contributed by atoms with Crippen molar-refractivity contribution in [2.24, 2.45) is 11.7 Å². The molecule has 0 aliphatic heterocycles. The molecule has 1 atom stereocenters. The van der Waals surface area contributed by atoms with Crippen molar-refractivity contribution in [1.82, 2.24) is 10.9 Å². The number of nitrogens with one attached hydrogen (secondary N) is 2. The molecule has 17 heavy (non-hydrogen) atoms. The Labute approximate surface area is 103 Å². The Balaban J connectivity index is 2.93. The van der Waals surface area contributed by atoms with Crippen LogP contribution in [0.1, 0.15) is 17.9 Å². The predicted molar refractivity (Wildman–Crippen MR) is 63.5 cm³/mol. The summed E-state index contributed by atoms with van der Waals surface area (Å²) in [6, 6.07) is 6.58. The maximum atomic E-state index is 11.6. The second-order valence-electron chi connectivity index (χ2n) is 3.38. The molecule has 0 aliphatic carbocycles. The van der Waals surface area contributed by atoms with Crippen LogP contribution in [0.4, 0.5) is 0 Å². The van der Waals surface area contributed by atoms with Crippen molar-refractivity contribution in [1.29, 1.82) is 0 Å². The number of benzene rings is 1. The Kier molecular flexibility index (Phi) is 4.89. The van der Waals surface area contributed by atoms with E-state index < -0.39 is 17.7 Å². The first-order chi connectivity index (χ1) is 8.08. The van der Waals surface area contributed by atoms with E-state index in [0.29, 0.717) is 10.6 Å². The molecule has 0 saturated carbocycles. The van der Waals surface area contributed by atoms with Gasteiger partial charge in [-0.05, 0) is 17.7 Å². The van der Waals surface area contributed by atoms with Gasteiger partial charge in [-0.1, -0.05) is 23.7 Å². The number of carbonyl (C=O) groups is 2. The van der Waals surface area contributed by atoms with Gasteiger partial charge in [0.1, 0.15) is 0 Å². The van der Waals surface area contributed by atoms with Gasteiger partial charge in [-0.25, -0.2) is 11.7 Å². The maximum absolute atomic E-state index is 11.6. The number of halogens is 1. The van der Waals surface area contributed by atoms with Crippen LogP contribution in [0.2, 0.25) is 5.02 Å². The Bertz CT molecular complexity index is 407. The van der Waals surface area contributed by atoms with E-state index >= 15 is 0 Å². The number of nitrogens with two attached hydrogens (primary N) is 2. The Morgan fingerprint density at radius 1 is 1.18 bits per heavy atom. The summed E-state index contributed by atoms with van der Waals surface area (Å²) in [6.45, 7) is 0. The lowest BCUT2D eigenvalue weighted by Crippen LogP contribution is -2.38. The molecule has 0 aromatic heterocycles. The fourth-order valence-corrected chi connectivity index (χ4v) is 1.53. The van der Waals surface area contributed by atoms with Gasteiger partial charge in [0.05, 0.1) is 5.92 Å². The van der Waals surface area contributed by atoms with Crippen LogP contribution in [0.3, 0.4) is 0 Å². The number of amides is 2. The lowest BCUT2D eigenvalue weighted by molar-refractivity contribution is -0.127. The maximum Gasteiger partial charge on any atom is 0.241 e. The summed E-state index contributed by atoms with van der Waals surface area (Å²) in [6.07, 6.45) is -0.0822. The molecule has 7 heteroatoms. The van der Waals surface area contributed by atoms with Crippen LogP contribution in [0, 0.1) is 0 Å². The summed E-state index contributed by atoms with van der Waals surface area (Å²) in [7, 11) is 0. The van der Waals surface area contributed by atoms with E-state index in [4.69, 9.17) is 23.3 Å². The van der Waals surface area contributed by atoms with Gasteiger partial charge in [0.15, 0.2) is 0 Å². The number of carbonyl (C=O) groups excluding carboxylic acids is 2. The molecule has 1 rings (SSSR count). The minimum Gasteiger partial charge on any atom is -0.294 e. The first kappa shape index (κ1) is 13.4. The second kappa shape index (κ2) is 6.19. The number of hydrogen-bond donors (Lipinski definition) is 4. The molecule has 0 fully saturated rings. The molecule has 1 unspecified atom stereocenters. The van der Waals surface area contributed by atoms with Gasteiger partial charge in [0.25, 0.3) is 0 Å². The zero-order valence-electron chi connectivity index (χ0n) is 8.94. The highest BCUT2D eigenvalue weighted by molar-refractivity contribution is 6.30. The van der Waals surface area contributed by atoms with Crippen LogP contribution < -0.4 is 22.5 Å². The van der Waals surface area contributed by atoms with Crippen LogP contribution in [0.15, 0.2) is 24.3 Å². The van der Waals surface area contributed by atoms with Gasteiger partial charge in [0, 0.05) is 11.4 Å². The molecule has 6 nitrogen and oxygen atoms in total. The Morgan fingerprint density at radius 3 is 2.24 bits per heavy atom. The van der Waals surface area contributed by atoms with E-state index in [-0.39, 0.29) is 6.42 Å². The van der Waals surface area contributed by atoms with Gasteiger partial charge in [-0.15, -0.1) is 0 Å². The van der Waals surface area contributed by atoms with Crippen molar-refractivity contribution in [3.8, 4) is 0 Å². The molecule has 2 amide bonds. The molecule has 0 aliphatic rings. The highest BCUT2D eigenvalue weighted by atomic mass is 35.5. The van der Waals surface area contributed by atoms with Crippen molar-refractivity contribution in [2.45, 2.75) is 12.3 Å². The topological polar surface area (TPSA) is 110 Å². The quantitative estimate of drug-likeness (QED) is 0.339. The van der Waals surface area contributed by atoms with E-state index in [0.717, 1.165) is 0 Å². The van der Waals surface area contributed by atoms with E-state index in [1.54, 1.807) is 24.3 Å². The second-order valence-corrected chi connectivity index (χ2v) is 3.82. The summed E-state index contributed by atoms with van der Waals surface area (Å²) in [5.74, 6) is 8.44. The molecular weight excluding hydrogens is 244 g/mol. The van der Waals surface area contributed by atoms with Crippen molar-refractivity contribution in [2.75, 3.05) is 0 Å². The zero-order chi connectivity index (χ0) is 12.8. The molecule has 1 aromatic rings. The largest absolute Gasteiger partial charge is 0.294 e. The van der Waals surface area contributed by atoms with Crippen LogP contribution in [-0.2, 0) is 9.59 Å². The van der Waals surface area contributed by atoms with Crippen molar-refractivity contribution >= 4 is 23.4 Å². The predicted octanol–water partition coefficient (Wildman–Crippen LogP) is -0.206. The molecule has 1 aromatic carbocycles. The average Bonchev–Trinajstić information content (AvgIpc) is 2.36. The fourth-order valence-electron chi connectivity index (χ4n) is 1.40. The van der Waals surface area contributed by atoms with Crippen LogP contribution >= 0.6 is 11.6 Å². The highest BCUT2D eigenvalue weighted by Gasteiger charge is 2.22. The van der Waals surface area contributed by atoms with Gasteiger partial charge < -0.3 is 0 Å². The third-order valence-corrected chi connectivity index (χ3v) is 2.53. The molecule has 0 radical (unpaired) electrons. The van der Waals surface area contributed by atoms with Gasteiger partial charge in [-0.3, -0.25) is 20.4 Å². The van der Waals surface area contributed by atoms with Crippen molar-refractivity contribution in [3.05, 3.63) is 34.9 Å². The summed E-state index contributed by atoms with van der Waals surface area (Å²) in [5.41, 5.74) is 4.62. The zero-order valence-corrected chi connectivity index (χ0v) is 9.70. The average molecular weight is 257 g/mol. The standard InChI is InChI=1S/C10H13ClN4O2/c11-7-3-1-6(2-4-7)8(10(17)15-13)5-9(16)14-12/h1-4,8H,5,12-13H2,(H,14,16)(H,15,17). The van der Waals surface area contributed by atoms with Crippen LogP contribution in [-0.4, -0.2) is 11.8 Å². The monoisotopic (exact) mass is 256 g/mol. The normalized spacial score (nSPS) is 11.7. The van der Waals surface area contributed by atoms with Crippen molar-refractivity contribution < 1.29 is 9.59 Å². The van der Waals surface area contributed by atoms with Crippen molar-refractivity contribution in [3.63, 3.8) is 0 Å². The van der Waals surface area contributed by atoms with E-state index in [1.165, 1.54) is 0 Å². The number of hydrogen-bond acceptors (Lipinski definition) is 4. The highest BCUT2D eigenvalue weighted by Crippen LogP contribution is 2.21. The lowest BCUT2D eigenvalue weighted by Gasteiger charge is -2.14. The molecule has 0 heterocycles. The summed E-state index contributed by atoms with van der Waals surface area (Å²) in [4.78, 5) is 22.8. The summed E-state index contributed by atoms with van der Waals surface area (Å²) in [5, 5.41) is 0.545. The van der Waals surface area contributed by atoms with Gasteiger partial charge >= 0.3 is 0 Å². The molecule has 92 valence electrons. The third-order valence-electron chi connectivity index (χ3n) is 2.28. The van der Waals surface area contributed by atoms with E-state index in [1.807, 2.05) is 10.9 Å². The lowest BCUT2D eigenvalue weighted by atomic mass is 9.95. The molecule has 6 N–H and O–H groups in total. The first-order valence-corrected chi connectivity index (χ1v) is 5.21. The number of rotatable bonds is 4. The molecule has 0 spiro atoms.